The predicted molar refractivity (Wildman–Crippen MR) is 99.6 cm³/mol. The summed E-state index contributed by atoms with van der Waals surface area (Å²) in [6.45, 7) is 2.11. The average Bonchev–Trinajstić information content (AvgIpc) is 2.62. The molecule has 3 aromatic carbocycles. The van der Waals surface area contributed by atoms with Gasteiger partial charge in [0.1, 0.15) is 0 Å². The van der Waals surface area contributed by atoms with Gasteiger partial charge < -0.3 is 5.73 Å². The van der Waals surface area contributed by atoms with E-state index in [1.54, 1.807) is 0 Å². The van der Waals surface area contributed by atoms with Crippen LogP contribution in [0.5, 0.6) is 0 Å². The van der Waals surface area contributed by atoms with Gasteiger partial charge in [-0.25, -0.2) is 0 Å². The van der Waals surface area contributed by atoms with Crippen LogP contribution in [0.2, 0.25) is 0 Å². The number of hydrogen-bond donors (Lipinski definition) is 1. The second-order valence-electron chi connectivity index (χ2n) is 6.00. The van der Waals surface area contributed by atoms with Crippen molar-refractivity contribution in [2.24, 2.45) is 5.73 Å². The van der Waals surface area contributed by atoms with Gasteiger partial charge in [0.25, 0.3) is 0 Å². The Morgan fingerprint density at radius 1 is 0.792 bits per heavy atom. The largest absolute Gasteiger partial charge is 0.370 e. The summed E-state index contributed by atoms with van der Waals surface area (Å²) in [6, 6.07) is 25.2. The molecule has 1 amide bonds. The van der Waals surface area contributed by atoms with Crippen LogP contribution in [-0.2, 0) is 11.2 Å². The van der Waals surface area contributed by atoms with Gasteiger partial charge in [-0.15, -0.1) is 0 Å². The van der Waals surface area contributed by atoms with E-state index in [4.69, 9.17) is 5.73 Å². The number of carbonyl (C=O) groups excluding carboxylic acids is 1. The molecule has 0 aromatic heterocycles. The molecule has 2 heteroatoms. The molecule has 3 aromatic rings. The normalized spacial score (nSPS) is 10.5. The fourth-order valence-corrected chi connectivity index (χ4v) is 3.00. The van der Waals surface area contributed by atoms with E-state index in [1.807, 2.05) is 12.1 Å². The molecule has 0 atom stereocenters. The lowest BCUT2D eigenvalue weighted by Crippen LogP contribution is -2.11. The number of nitrogens with two attached hydrogens (primary N) is 1. The fraction of sp³-hybridized carbons (Fsp3) is 0.136. The first-order valence-electron chi connectivity index (χ1n) is 8.18. The topological polar surface area (TPSA) is 43.1 Å². The third-order valence-corrected chi connectivity index (χ3v) is 4.39. The molecule has 0 radical (unpaired) electrons. The summed E-state index contributed by atoms with van der Waals surface area (Å²) in [6.07, 6.45) is 1.08. The Bertz CT molecular complexity index is 836. The van der Waals surface area contributed by atoms with Gasteiger partial charge in [-0.1, -0.05) is 72.8 Å². The summed E-state index contributed by atoms with van der Waals surface area (Å²) < 4.78 is 0. The molecule has 0 fully saturated rings. The summed E-state index contributed by atoms with van der Waals surface area (Å²) in [7, 11) is 0. The number of carbonyl (C=O) groups is 1. The van der Waals surface area contributed by atoms with Crippen LogP contribution in [0.4, 0.5) is 0 Å². The van der Waals surface area contributed by atoms with Crippen LogP contribution in [0.3, 0.4) is 0 Å². The van der Waals surface area contributed by atoms with Crippen molar-refractivity contribution in [2.45, 2.75) is 19.8 Å². The van der Waals surface area contributed by atoms with Gasteiger partial charge in [-0.3, -0.25) is 4.79 Å². The highest BCUT2D eigenvalue weighted by Crippen LogP contribution is 2.28. The van der Waals surface area contributed by atoms with Crippen molar-refractivity contribution in [2.75, 3.05) is 0 Å². The Hall–Kier alpha value is -2.87. The van der Waals surface area contributed by atoms with Crippen molar-refractivity contribution in [1.82, 2.24) is 0 Å². The predicted octanol–water partition coefficient (Wildman–Crippen LogP) is 4.75. The zero-order valence-corrected chi connectivity index (χ0v) is 13.8. The molecule has 0 aliphatic rings. The van der Waals surface area contributed by atoms with Gasteiger partial charge in [0.2, 0.25) is 5.91 Å². The highest BCUT2D eigenvalue weighted by Gasteiger charge is 2.07. The monoisotopic (exact) mass is 315 g/mol. The van der Waals surface area contributed by atoms with Crippen molar-refractivity contribution in [1.29, 1.82) is 0 Å². The molecule has 0 saturated carbocycles. The van der Waals surface area contributed by atoms with Crippen LogP contribution in [0.15, 0.2) is 72.8 Å². The number of benzene rings is 3. The molecule has 0 aliphatic carbocycles. The van der Waals surface area contributed by atoms with Crippen LogP contribution in [0.25, 0.3) is 22.3 Å². The standard InChI is InChI=1S/C22H21NO/c1-16-17(14-15-22(23)24)8-5-9-21(16)20-12-10-19(11-13-20)18-6-3-2-4-7-18/h2-13H,14-15H2,1H3,(H2,23,24). The van der Waals surface area contributed by atoms with E-state index >= 15 is 0 Å². The maximum absolute atomic E-state index is 11.0. The smallest absolute Gasteiger partial charge is 0.217 e. The second kappa shape index (κ2) is 7.14. The van der Waals surface area contributed by atoms with Gasteiger partial charge in [0, 0.05) is 6.42 Å². The van der Waals surface area contributed by atoms with Crippen LogP contribution in [0, 0.1) is 6.92 Å². The maximum Gasteiger partial charge on any atom is 0.217 e. The van der Waals surface area contributed by atoms with Gasteiger partial charge >= 0.3 is 0 Å². The molecule has 2 N–H and O–H groups in total. The van der Waals surface area contributed by atoms with E-state index in [0.717, 1.165) is 0 Å². The SMILES string of the molecule is Cc1c(CCC(N)=O)cccc1-c1ccc(-c2ccccc2)cc1. The summed E-state index contributed by atoms with van der Waals surface area (Å²) in [5.41, 5.74) is 12.5. The van der Waals surface area contributed by atoms with E-state index < -0.39 is 0 Å². The zero-order valence-electron chi connectivity index (χ0n) is 13.8. The van der Waals surface area contributed by atoms with Crippen LogP contribution in [0.1, 0.15) is 17.5 Å². The fourth-order valence-electron chi connectivity index (χ4n) is 3.00. The van der Waals surface area contributed by atoms with Crippen LogP contribution in [-0.4, -0.2) is 5.91 Å². The Morgan fingerprint density at radius 2 is 1.42 bits per heavy atom. The Kier molecular flexibility index (Phi) is 4.76. The number of amides is 1. The minimum atomic E-state index is -0.257. The number of rotatable bonds is 5. The van der Waals surface area contributed by atoms with Crippen molar-refractivity contribution in [3.05, 3.63) is 83.9 Å². The lowest BCUT2D eigenvalue weighted by Gasteiger charge is -2.12. The molecule has 24 heavy (non-hydrogen) atoms. The van der Waals surface area contributed by atoms with E-state index in [9.17, 15) is 4.79 Å². The summed E-state index contributed by atoms with van der Waals surface area (Å²) in [4.78, 5) is 11.0. The van der Waals surface area contributed by atoms with Gasteiger partial charge in [0.15, 0.2) is 0 Å². The first kappa shape index (κ1) is 16.0. The summed E-state index contributed by atoms with van der Waals surface area (Å²) >= 11 is 0. The van der Waals surface area contributed by atoms with Crippen molar-refractivity contribution >= 4 is 5.91 Å². The third-order valence-electron chi connectivity index (χ3n) is 4.39. The van der Waals surface area contributed by atoms with Crippen molar-refractivity contribution in [3.8, 4) is 22.3 Å². The summed E-state index contributed by atoms with van der Waals surface area (Å²) in [5, 5.41) is 0. The molecule has 2 nitrogen and oxygen atoms in total. The van der Waals surface area contributed by atoms with Gasteiger partial charge in [0.05, 0.1) is 0 Å². The molecular formula is C22H21NO. The number of hydrogen-bond acceptors (Lipinski definition) is 1. The molecule has 0 saturated heterocycles. The Balaban J connectivity index is 1.89. The molecule has 0 bridgehead atoms. The third kappa shape index (κ3) is 3.54. The van der Waals surface area contributed by atoms with E-state index in [1.165, 1.54) is 33.4 Å². The quantitative estimate of drug-likeness (QED) is 0.725. The van der Waals surface area contributed by atoms with Crippen molar-refractivity contribution < 1.29 is 4.79 Å². The lowest BCUT2D eigenvalue weighted by molar-refractivity contribution is -0.117. The molecule has 0 spiro atoms. The summed E-state index contributed by atoms with van der Waals surface area (Å²) in [5.74, 6) is -0.257. The Labute approximate surface area is 143 Å². The molecule has 120 valence electrons. The molecule has 0 heterocycles. The Morgan fingerprint density at radius 3 is 2.08 bits per heavy atom. The van der Waals surface area contributed by atoms with E-state index in [2.05, 4.69) is 67.6 Å². The van der Waals surface area contributed by atoms with Crippen LogP contribution < -0.4 is 5.73 Å². The van der Waals surface area contributed by atoms with Gasteiger partial charge in [-0.2, -0.15) is 0 Å². The lowest BCUT2D eigenvalue weighted by atomic mass is 9.93. The minimum Gasteiger partial charge on any atom is -0.370 e. The molecule has 3 rings (SSSR count). The second-order valence-corrected chi connectivity index (χ2v) is 6.00. The first-order chi connectivity index (χ1) is 11.6. The minimum absolute atomic E-state index is 0.257. The first-order valence-corrected chi connectivity index (χ1v) is 8.18. The zero-order chi connectivity index (χ0) is 16.9. The average molecular weight is 315 g/mol. The van der Waals surface area contributed by atoms with E-state index in [-0.39, 0.29) is 5.91 Å². The highest BCUT2D eigenvalue weighted by molar-refractivity contribution is 5.75. The van der Waals surface area contributed by atoms with E-state index in [0.29, 0.717) is 12.8 Å². The molecule has 0 unspecified atom stereocenters. The highest BCUT2D eigenvalue weighted by atomic mass is 16.1. The maximum atomic E-state index is 11.0. The van der Waals surface area contributed by atoms with Crippen molar-refractivity contribution in [3.63, 3.8) is 0 Å². The van der Waals surface area contributed by atoms with Gasteiger partial charge in [-0.05, 0) is 46.7 Å². The molecule has 0 aliphatic heterocycles. The number of aryl methyl sites for hydroxylation is 1. The van der Waals surface area contributed by atoms with Crippen LogP contribution >= 0.6 is 0 Å². The number of primary amides is 1. The molecular weight excluding hydrogens is 294 g/mol.